The van der Waals surface area contributed by atoms with Gasteiger partial charge in [0.15, 0.2) is 0 Å². The molecule has 2 aromatic carbocycles. The maximum absolute atomic E-state index is 13.3. The summed E-state index contributed by atoms with van der Waals surface area (Å²) >= 11 is 1.39. The summed E-state index contributed by atoms with van der Waals surface area (Å²) in [6, 6.07) is 12.6. The van der Waals surface area contributed by atoms with E-state index in [0.29, 0.717) is 28.1 Å². The number of benzene rings is 2. The van der Waals surface area contributed by atoms with E-state index in [-0.39, 0.29) is 11.6 Å². The first-order valence-corrected chi connectivity index (χ1v) is 8.58. The number of aromatic nitrogens is 5. The Balaban J connectivity index is 1.49. The van der Waals surface area contributed by atoms with E-state index in [0.717, 1.165) is 5.69 Å². The van der Waals surface area contributed by atoms with Crippen molar-refractivity contribution in [2.45, 2.75) is 10.9 Å². The molecule has 1 N–H and O–H groups in total. The summed E-state index contributed by atoms with van der Waals surface area (Å²) in [6.45, 7) is 0. The summed E-state index contributed by atoms with van der Waals surface area (Å²) in [5.74, 6) is 0.670. The highest BCUT2D eigenvalue weighted by molar-refractivity contribution is 7.98. The van der Waals surface area contributed by atoms with Crippen LogP contribution in [0, 0.1) is 5.82 Å². The number of nitrogens with zero attached hydrogens (tertiary/aromatic N) is 5. The average molecular weight is 369 g/mol. The Hall–Kier alpha value is -3.20. The predicted molar refractivity (Wildman–Crippen MR) is 92.3 cm³/mol. The molecule has 7 nitrogen and oxygen atoms in total. The second-order valence-corrected chi connectivity index (χ2v) is 6.28. The Morgan fingerprint density at radius 3 is 2.81 bits per heavy atom. The molecule has 9 heteroatoms. The smallest absolute Gasteiger partial charge is 0.226 e. The lowest BCUT2D eigenvalue weighted by atomic mass is 10.2. The van der Waals surface area contributed by atoms with Crippen LogP contribution in [0.25, 0.3) is 17.1 Å². The van der Waals surface area contributed by atoms with Crippen molar-refractivity contribution in [2.75, 3.05) is 0 Å². The van der Waals surface area contributed by atoms with E-state index in [2.05, 4.69) is 20.5 Å². The van der Waals surface area contributed by atoms with Gasteiger partial charge < -0.3 is 9.52 Å². The van der Waals surface area contributed by atoms with Crippen LogP contribution in [0.5, 0.6) is 5.75 Å². The molecule has 0 fully saturated rings. The number of phenols is 1. The number of halogens is 1. The maximum Gasteiger partial charge on any atom is 0.226 e. The third kappa shape index (κ3) is 3.42. The highest BCUT2D eigenvalue weighted by Crippen LogP contribution is 2.25. The minimum atomic E-state index is -0.343. The van der Waals surface area contributed by atoms with Crippen molar-refractivity contribution < 1.29 is 13.9 Å². The maximum atomic E-state index is 13.3. The van der Waals surface area contributed by atoms with Gasteiger partial charge >= 0.3 is 0 Å². The average Bonchev–Trinajstić information content (AvgIpc) is 3.30. The van der Waals surface area contributed by atoms with Crippen LogP contribution in [0.15, 0.2) is 64.4 Å². The van der Waals surface area contributed by atoms with E-state index in [1.807, 2.05) is 0 Å². The number of aromatic hydroxyl groups is 1. The van der Waals surface area contributed by atoms with Crippen molar-refractivity contribution in [3.05, 3.63) is 66.3 Å². The molecule has 130 valence electrons. The van der Waals surface area contributed by atoms with Gasteiger partial charge in [0.1, 0.15) is 17.8 Å². The molecule has 0 unspecified atom stereocenters. The molecular weight excluding hydrogens is 357 g/mol. The predicted octanol–water partition coefficient (Wildman–Crippen LogP) is 3.45. The zero-order chi connectivity index (χ0) is 17.9. The van der Waals surface area contributed by atoms with Gasteiger partial charge in [0.2, 0.25) is 11.0 Å². The van der Waals surface area contributed by atoms with Crippen molar-refractivity contribution in [1.29, 1.82) is 0 Å². The normalized spacial score (nSPS) is 11.0. The van der Waals surface area contributed by atoms with Crippen LogP contribution in [-0.4, -0.2) is 30.3 Å². The molecule has 0 saturated carbocycles. The van der Waals surface area contributed by atoms with Crippen LogP contribution in [-0.2, 0) is 5.75 Å². The lowest BCUT2D eigenvalue weighted by Crippen LogP contribution is -1.98. The van der Waals surface area contributed by atoms with Crippen molar-refractivity contribution in [3.63, 3.8) is 0 Å². The summed E-state index contributed by atoms with van der Waals surface area (Å²) in [6.07, 6.45) is 1.53. The molecule has 2 heterocycles. The minimum Gasteiger partial charge on any atom is -0.508 e. The third-order valence-electron chi connectivity index (χ3n) is 3.51. The molecule has 26 heavy (non-hydrogen) atoms. The molecule has 4 aromatic rings. The van der Waals surface area contributed by atoms with E-state index >= 15 is 0 Å². The lowest BCUT2D eigenvalue weighted by Gasteiger charge is -2.03. The van der Waals surface area contributed by atoms with Crippen molar-refractivity contribution in [3.8, 4) is 22.9 Å². The first-order valence-electron chi connectivity index (χ1n) is 7.60. The second kappa shape index (κ2) is 6.96. The van der Waals surface area contributed by atoms with Gasteiger partial charge in [-0.25, -0.2) is 9.37 Å². The molecule has 0 amide bonds. The highest BCUT2D eigenvalue weighted by Gasteiger charge is 2.12. The zero-order valence-electron chi connectivity index (χ0n) is 13.3. The largest absolute Gasteiger partial charge is 0.508 e. The summed E-state index contributed by atoms with van der Waals surface area (Å²) < 4.78 is 20.3. The SMILES string of the molecule is Oc1ccc(-n2nnnc2SCc2coc(-c3cccc(F)c3)n2)cc1. The quantitative estimate of drug-likeness (QED) is 0.539. The fourth-order valence-electron chi connectivity index (χ4n) is 2.29. The van der Waals surface area contributed by atoms with Crippen LogP contribution in [0.2, 0.25) is 0 Å². The number of thioether (sulfide) groups is 1. The number of phenolic OH excluding ortho intramolecular Hbond substituents is 1. The lowest BCUT2D eigenvalue weighted by molar-refractivity contribution is 0.475. The Labute approximate surface area is 151 Å². The number of tetrazole rings is 1. The van der Waals surface area contributed by atoms with Gasteiger partial charge in [-0.3, -0.25) is 0 Å². The van der Waals surface area contributed by atoms with E-state index in [9.17, 15) is 9.50 Å². The van der Waals surface area contributed by atoms with Crippen LogP contribution < -0.4 is 0 Å². The van der Waals surface area contributed by atoms with Gasteiger partial charge in [0.25, 0.3) is 0 Å². The van der Waals surface area contributed by atoms with Crippen molar-refractivity contribution in [2.24, 2.45) is 0 Å². The summed E-state index contributed by atoms with van der Waals surface area (Å²) in [5, 5.41) is 21.6. The monoisotopic (exact) mass is 369 g/mol. The van der Waals surface area contributed by atoms with E-state index < -0.39 is 0 Å². The molecular formula is C17H12FN5O2S. The Morgan fingerprint density at radius 1 is 1.15 bits per heavy atom. The summed E-state index contributed by atoms with van der Waals surface area (Å²) in [7, 11) is 0. The minimum absolute atomic E-state index is 0.170. The molecule has 0 spiro atoms. The van der Waals surface area contributed by atoms with Crippen LogP contribution in [0.4, 0.5) is 4.39 Å². The Kier molecular flexibility index (Phi) is 4.36. The van der Waals surface area contributed by atoms with Crippen molar-refractivity contribution in [1.82, 2.24) is 25.2 Å². The van der Waals surface area contributed by atoms with Gasteiger partial charge in [0, 0.05) is 11.3 Å². The Morgan fingerprint density at radius 2 is 2.00 bits per heavy atom. The second-order valence-electron chi connectivity index (χ2n) is 5.33. The standard InChI is InChI=1S/C17H12FN5O2S/c18-12-3-1-2-11(8-12)16-19-13(9-25-16)10-26-17-20-21-22-23(17)14-4-6-15(24)7-5-14/h1-9,24H,10H2. The summed E-state index contributed by atoms with van der Waals surface area (Å²) in [5.41, 5.74) is 2.00. The molecule has 0 aliphatic heterocycles. The Bertz CT molecular complexity index is 1030. The van der Waals surface area contributed by atoms with E-state index in [1.54, 1.807) is 41.1 Å². The number of rotatable bonds is 5. The topological polar surface area (TPSA) is 89.9 Å². The molecule has 0 bridgehead atoms. The third-order valence-corrected chi connectivity index (χ3v) is 4.46. The molecule has 0 saturated heterocycles. The van der Waals surface area contributed by atoms with Gasteiger partial charge in [-0.15, -0.1) is 5.10 Å². The van der Waals surface area contributed by atoms with Crippen LogP contribution >= 0.6 is 11.8 Å². The van der Waals surface area contributed by atoms with Gasteiger partial charge in [-0.1, -0.05) is 17.8 Å². The van der Waals surface area contributed by atoms with E-state index in [1.165, 1.54) is 30.2 Å². The molecule has 0 aliphatic carbocycles. The number of hydrogen-bond acceptors (Lipinski definition) is 7. The van der Waals surface area contributed by atoms with Gasteiger partial charge in [-0.05, 0) is 52.9 Å². The van der Waals surface area contributed by atoms with Crippen LogP contribution in [0.3, 0.4) is 0 Å². The highest BCUT2D eigenvalue weighted by atomic mass is 32.2. The molecule has 0 radical (unpaired) electrons. The first kappa shape index (κ1) is 16.3. The fourth-order valence-corrected chi connectivity index (χ4v) is 3.06. The number of oxazole rings is 1. The first-order chi connectivity index (χ1) is 12.7. The molecule has 4 rings (SSSR count). The zero-order valence-corrected chi connectivity index (χ0v) is 14.1. The number of hydrogen-bond donors (Lipinski definition) is 1. The fraction of sp³-hybridized carbons (Fsp3) is 0.0588. The van der Waals surface area contributed by atoms with Gasteiger partial charge in [-0.2, -0.15) is 4.68 Å². The van der Waals surface area contributed by atoms with Gasteiger partial charge in [0.05, 0.1) is 11.4 Å². The molecule has 0 atom stereocenters. The van der Waals surface area contributed by atoms with E-state index in [4.69, 9.17) is 4.42 Å². The van der Waals surface area contributed by atoms with Crippen LogP contribution in [0.1, 0.15) is 5.69 Å². The molecule has 2 aromatic heterocycles. The molecule has 0 aliphatic rings. The summed E-state index contributed by atoms with van der Waals surface area (Å²) in [4.78, 5) is 4.37. The van der Waals surface area contributed by atoms with Crippen molar-refractivity contribution >= 4 is 11.8 Å².